The Morgan fingerprint density at radius 3 is 2.61 bits per heavy atom. The van der Waals surface area contributed by atoms with Crippen molar-refractivity contribution in [2.24, 2.45) is 0 Å². The van der Waals surface area contributed by atoms with Crippen LogP contribution in [0.3, 0.4) is 0 Å². The van der Waals surface area contributed by atoms with Gasteiger partial charge in [-0.1, -0.05) is 18.2 Å². The van der Waals surface area contributed by atoms with Crippen molar-refractivity contribution in [1.29, 1.82) is 0 Å². The molecule has 1 aliphatic carbocycles. The van der Waals surface area contributed by atoms with Crippen molar-refractivity contribution in [1.82, 2.24) is 0 Å². The minimum atomic E-state index is -2.11. The van der Waals surface area contributed by atoms with Crippen molar-refractivity contribution in [3.63, 3.8) is 0 Å². The van der Waals surface area contributed by atoms with E-state index >= 15 is 0 Å². The summed E-state index contributed by atoms with van der Waals surface area (Å²) in [6.45, 7) is 1.97. The Kier molecular flexibility index (Phi) is 4.71. The first-order valence-electron chi connectivity index (χ1n) is 6.94. The van der Waals surface area contributed by atoms with Gasteiger partial charge in [0.1, 0.15) is 0 Å². The zero-order valence-corrected chi connectivity index (χ0v) is 12.4. The monoisotopic (exact) mass is 317 g/mol. The van der Waals surface area contributed by atoms with E-state index in [1.54, 1.807) is 37.3 Å². The van der Waals surface area contributed by atoms with Gasteiger partial charge in [-0.2, -0.15) is 0 Å². The number of nitrogens with zero attached hydrogens (tertiary/aromatic N) is 1. The zero-order valence-electron chi connectivity index (χ0n) is 12.4. The number of benzene rings is 1. The molecule has 7 heteroatoms. The fourth-order valence-corrected chi connectivity index (χ4v) is 2.23. The summed E-state index contributed by atoms with van der Waals surface area (Å²) < 4.78 is 4.88. The first kappa shape index (κ1) is 16.6. The van der Waals surface area contributed by atoms with Crippen LogP contribution in [0, 0.1) is 10.1 Å². The number of hydrogen-bond donors (Lipinski definition) is 1. The molecule has 0 saturated carbocycles. The predicted molar refractivity (Wildman–Crippen MR) is 81.1 cm³/mol. The molecule has 7 nitrogen and oxygen atoms in total. The van der Waals surface area contributed by atoms with Gasteiger partial charge in [0.2, 0.25) is 5.60 Å². The maximum Gasteiger partial charge on any atom is 0.338 e. The van der Waals surface area contributed by atoms with Gasteiger partial charge >= 0.3 is 5.97 Å². The van der Waals surface area contributed by atoms with E-state index in [1.165, 1.54) is 0 Å². The standard InChI is InChI=1S/C16H15NO6/c1-2-23-15(19)12-5-3-11(4-6-12)13-7-8-16(20,10-18)14(9-13)17(21)22/h3-7,9-10,20H,2,8H2,1H3. The molecule has 0 bridgehead atoms. The summed E-state index contributed by atoms with van der Waals surface area (Å²) in [4.78, 5) is 32.8. The number of carbonyl (C=O) groups excluding carboxylic acids is 2. The van der Waals surface area contributed by atoms with Crippen molar-refractivity contribution in [2.75, 3.05) is 6.61 Å². The fourth-order valence-electron chi connectivity index (χ4n) is 2.23. The second-order valence-corrected chi connectivity index (χ2v) is 4.99. The van der Waals surface area contributed by atoms with E-state index in [9.17, 15) is 24.8 Å². The Balaban J connectivity index is 2.31. The van der Waals surface area contributed by atoms with Crippen LogP contribution in [0.4, 0.5) is 0 Å². The summed E-state index contributed by atoms with van der Waals surface area (Å²) >= 11 is 0. The molecule has 1 aromatic carbocycles. The molecule has 0 aromatic heterocycles. The van der Waals surface area contributed by atoms with Gasteiger partial charge in [-0.05, 0) is 30.2 Å². The molecule has 1 N–H and O–H groups in total. The third kappa shape index (κ3) is 3.35. The van der Waals surface area contributed by atoms with Gasteiger partial charge in [0.05, 0.1) is 17.1 Å². The van der Waals surface area contributed by atoms with Gasteiger partial charge < -0.3 is 9.84 Å². The van der Waals surface area contributed by atoms with E-state index in [1.807, 2.05) is 0 Å². The lowest BCUT2D eigenvalue weighted by molar-refractivity contribution is -0.440. The molecule has 0 heterocycles. The summed E-state index contributed by atoms with van der Waals surface area (Å²) in [5, 5.41) is 21.0. The highest BCUT2D eigenvalue weighted by molar-refractivity contribution is 5.90. The Hall–Kier alpha value is -2.80. The van der Waals surface area contributed by atoms with Crippen LogP contribution in [0.5, 0.6) is 0 Å². The summed E-state index contributed by atoms with van der Waals surface area (Å²) in [6, 6.07) is 6.34. The number of aliphatic hydroxyl groups is 1. The lowest BCUT2D eigenvalue weighted by Gasteiger charge is -2.21. The zero-order chi connectivity index (χ0) is 17.0. The van der Waals surface area contributed by atoms with Crippen LogP contribution >= 0.6 is 0 Å². The molecule has 120 valence electrons. The van der Waals surface area contributed by atoms with Crippen molar-refractivity contribution in [2.45, 2.75) is 18.9 Å². The smallest absolute Gasteiger partial charge is 0.338 e. The second kappa shape index (κ2) is 6.53. The highest BCUT2D eigenvalue weighted by atomic mass is 16.6. The van der Waals surface area contributed by atoms with Crippen molar-refractivity contribution < 1.29 is 24.4 Å². The fraction of sp³-hybridized carbons (Fsp3) is 0.250. The van der Waals surface area contributed by atoms with E-state index in [0.29, 0.717) is 16.7 Å². The Morgan fingerprint density at radius 2 is 2.09 bits per heavy atom. The Labute approximate surface area is 132 Å². The average Bonchev–Trinajstić information content (AvgIpc) is 2.55. The summed E-state index contributed by atoms with van der Waals surface area (Å²) in [5.41, 5.74) is -1.18. The van der Waals surface area contributed by atoms with Gasteiger partial charge in [0, 0.05) is 12.5 Å². The van der Waals surface area contributed by atoms with Crippen LogP contribution in [0.25, 0.3) is 5.57 Å². The molecule has 0 radical (unpaired) electrons. The number of esters is 1. The van der Waals surface area contributed by atoms with Gasteiger partial charge in [-0.15, -0.1) is 0 Å². The van der Waals surface area contributed by atoms with Crippen LogP contribution < -0.4 is 0 Å². The van der Waals surface area contributed by atoms with E-state index in [4.69, 9.17) is 4.74 Å². The molecule has 1 aliphatic rings. The number of allylic oxidation sites excluding steroid dienone is 2. The van der Waals surface area contributed by atoms with Gasteiger partial charge in [-0.25, -0.2) is 4.79 Å². The Morgan fingerprint density at radius 1 is 1.43 bits per heavy atom. The van der Waals surface area contributed by atoms with E-state index in [-0.39, 0.29) is 19.3 Å². The summed E-state index contributed by atoms with van der Waals surface area (Å²) in [5.74, 6) is -0.450. The number of carbonyl (C=O) groups is 2. The quantitative estimate of drug-likeness (QED) is 0.384. The molecule has 0 saturated heterocycles. The van der Waals surface area contributed by atoms with Gasteiger partial charge in [0.15, 0.2) is 6.29 Å². The molecule has 0 aliphatic heterocycles. The van der Waals surface area contributed by atoms with Crippen LogP contribution in [-0.4, -0.2) is 34.5 Å². The molecule has 1 atom stereocenters. The van der Waals surface area contributed by atoms with Crippen molar-refractivity contribution >= 4 is 17.8 Å². The van der Waals surface area contributed by atoms with Crippen LogP contribution in [0.2, 0.25) is 0 Å². The lowest BCUT2D eigenvalue weighted by Crippen LogP contribution is -2.37. The highest BCUT2D eigenvalue weighted by Crippen LogP contribution is 2.31. The predicted octanol–water partition coefficient (Wildman–Crippen LogP) is 1.74. The van der Waals surface area contributed by atoms with E-state index < -0.39 is 22.2 Å². The summed E-state index contributed by atoms with van der Waals surface area (Å²) in [7, 11) is 0. The lowest BCUT2D eigenvalue weighted by atomic mass is 9.87. The molecular formula is C16H15NO6. The minimum absolute atomic E-state index is 0.165. The molecule has 0 fully saturated rings. The average molecular weight is 317 g/mol. The van der Waals surface area contributed by atoms with E-state index in [2.05, 4.69) is 0 Å². The molecule has 1 unspecified atom stereocenters. The van der Waals surface area contributed by atoms with Gasteiger partial charge in [0.25, 0.3) is 5.70 Å². The topological polar surface area (TPSA) is 107 Å². The highest BCUT2D eigenvalue weighted by Gasteiger charge is 2.42. The van der Waals surface area contributed by atoms with E-state index in [0.717, 1.165) is 6.08 Å². The SMILES string of the molecule is CCOC(=O)c1ccc(C2=CCC(O)(C=O)C([N+](=O)[O-])=C2)cc1. The molecular weight excluding hydrogens is 302 g/mol. The van der Waals surface area contributed by atoms with Crippen LogP contribution in [-0.2, 0) is 9.53 Å². The van der Waals surface area contributed by atoms with Crippen molar-refractivity contribution in [3.05, 3.63) is 63.4 Å². The Bertz CT molecular complexity index is 704. The molecule has 0 amide bonds. The summed E-state index contributed by atoms with van der Waals surface area (Å²) in [6.07, 6.45) is 2.69. The normalized spacial score (nSPS) is 20.3. The maximum atomic E-state index is 11.6. The third-order valence-corrected chi connectivity index (χ3v) is 3.49. The maximum absolute atomic E-state index is 11.6. The van der Waals surface area contributed by atoms with Crippen LogP contribution in [0.1, 0.15) is 29.3 Å². The third-order valence-electron chi connectivity index (χ3n) is 3.49. The first-order valence-corrected chi connectivity index (χ1v) is 6.94. The number of aldehydes is 1. The number of ether oxygens (including phenoxy) is 1. The minimum Gasteiger partial charge on any atom is -0.462 e. The van der Waals surface area contributed by atoms with Gasteiger partial charge in [-0.3, -0.25) is 14.9 Å². The second-order valence-electron chi connectivity index (χ2n) is 4.99. The van der Waals surface area contributed by atoms with Crippen molar-refractivity contribution in [3.8, 4) is 0 Å². The molecule has 0 spiro atoms. The first-order chi connectivity index (χ1) is 10.9. The number of hydrogen-bond acceptors (Lipinski definition) is 6. The molecule has 23 heavy (non-hydrogen) atoms. The molecule has 1 aromatic rings. The number of nitro groups is 1. The number of rotatable bonds is 5. The molecule has 2 rings (SSSR count). The largest absolute Gasteiger partial charge is 0.462 e. The van der Waals surface area contributed by atoms with Crippen LogP contribution in [0.15, 0.2) is 42.1 Å².